The first-order valence-corrected chi connectivity index (χ1v) is 10.1. The maximum Gasteiger partial charge on any atom is 0.343 e. The van der Waals surface area contributed by atoms with Crippen molar-refractivity contribution in [3.63, 3.8) is 0 Å². The summed E-state index contributed by atoms with van der Waals surface area (Å²) >= 11 is 0. The molecule has 1 aliphatic rings. The van der Waals surface area contributed by atoms with Gasteiger partial charge in [-0.2, -0.15) is 0 Å². The summed E-state index contributed by atoms with van der Waals surface area (Å²) in [5.41, 5.74) is 1.07. The molecule has 0 spiro atoms. The van der Waals surface area contributed by atoms with Gasteiger partial charge in [0, 0.05) is 13.5 Å². The van der Waals surface area contributed by atoms with Crippen LogP contribution in [0.25, 0.3) is 0 Å². The van der Waals surface area contributed by atoms with E-state index in [0.717, 1.165) is 23.8 Å². The Morgan fingerprint density at radius 3 is 1.58 bits per heavy atom. The van der Waals surface area contributed by atoms with E-state index in [9.17, 15) is 19.7 Å². The minimum atomic E-state index is -3.19. The number of methoxy groups -OCH3 is 1. The van der Waals surface area contributed by atoms with E-state index in [0.29, 0.717) is 0 Å². The second kappa shape index (κ2) is 8.15. The highest BCUT2D eigenvalue weighted by atomic mass is 19.2. The summed E-state index contributed by atoms with van der Waals surface area (Å²) in [6, 6.07) is 28.0. The molecule has 0 aliphatic carbocycles. The molecular formula is C25H25FO5. The molecule has 3 N–H and O–H groups in total. The number of rotatable bonds is 6. The second-order valence-electron chi connectivity index (χ2n) is 7.76. The van der Waals surface area contributed by atoms with Gasteiger partial charge in [-0.3, -0.25) is 0 Å². The van der Waals surface area contributed by atoms with E-state index in [1.165, 1.54) is 0 Å². The largest absolute Gasteiger partial charge is 0.389 e. The lowest BCUT2D eigenvalue weighted by molar-refractivity contribution is -0.421. The molecule has 6 heteroatoms. The van der Waals surface area contributed by atoms with E-state index in [-0.39, 0.29) is 0 Å². The minimum absolute atomic E-state index is 0.674. The zero-order valence-corrected chi connectivity index (χ0v) is 17.1. The van der Waals surface area contributed by atoms with Gasteiger partial charge in [-0.05, 0) is 16.7 Å². The van der Waals surface area contributed by atoms with Crippen molar-refractivity contribution in [3.05, 3.63) is 108 Å². The molecule has 4 rings (SSSR count). The van der Waals surface area contributed by atoms with Gasteiger partial charge in [0.1, 0.15) is 0 Å². The van der Waals surface area contributed by atoms with Crippen molar-refractivity contribution in [1.29, 1.82) is 0 Å². The topological polar surface area (TPSA) is 79.2 Å². The van der Waals surface area contributed by atoms with Crippen molar-refractivity contribution in [1.82, 2.24) is 0 Å². The van der Waals surface area contributed by atoms with Crippen molar-refractivity contribution in [2.75, 3.05) is 7.11 Å². The molecule has 162 valence electrons. The number of halogens is 1. The minimum Gasteiger partial charge on any atom is -0.389 e. The maximum atomic E-state index is 14.8. The van der Waals surface area contributed by atoms with E-state index in [1.807, 2.05) is 91.0 Å². The number of hydrogen-bond donors (Lipinski definition) is 3. The molecule has 1 heterocycles. The van der Waals surface area contributed by atoms with E-state index >= 15 is 0 Å². The van der Waals surface area contributed by atoms with Crippen LogP contribution in [0.5, 0.6) is 0 Å². The van der Waals surface area contributed by atoms with Crippen LogP contribution in [0.2, 0.25) is 0 Å². The van der Waals surface area contributed by atoms with E-state index in [2.05, 4.69) is 0 Å². The predicted molar refractivity (Wildman–Crippen MR) is 113 cm³/mol. The zero-order chi connectivity index (χ0) is 22.1. The molecule has 0 radical (unpaired) electrons. The van der Waals surface area contributed by atoms with Crippen LogP contribution in [0.3, 0.4) is 0 Å². The van der Waals surface area contributed by atoms with Crippen LogP contribution >= 0.6 is 0 Å². The van der Waals surface area contributed by atoms with Crippen LogP contribution in [0.4, 0.5) is 4.39 Å². The molecule has 1 saturated heterocycles. The average Bonchev–Trinajstić information content (AvgIpc) is 3.06. The lowest BCUT2D eigenvalue weighted by Crippen LogP contribution is -2.50. The molecule has 4 atom stereocenters. The second-order valence-corrected chi connectivity index (χ2v) is 7.76. The normalized spacial score (nSPS) is 27.2. The molecule has 0 aromatic heterocycles. The van der Waals surface area contributed by atoms with Gasteiger partial charge in [-0.25, -0.2) is 4.39 Å². The first-order chi connectivity index (χ1) is 14.8. The lowest BCUT2D eigenvalue weighted by atomic mass is 9.64. The van der Waals surface area contributed by atoms with Gasteiger partial charge >= 0.3 is 5.97 Å². The fourth-order valence-corrected chi connectivity index (χ4v) is 4.51. The Morgan fingerprint density at radius 2 is 1.26 bits per heavy atom. The van der Waals surface area contributed by atoms with Crippen LogP contribution in [-0.4, -0.2) is 46.5 Å². The summed E-state index contributed by atoms with van der Waals surface area (Å²) < 4.78 is 24.9. The highest BCUT2D eigenvalue weighted by molar-refractivity contribution is 5.52. The molecule has 31 heavy (non-hydrogen) atoms. The Labute approximate surface area is 180 Å². The van der Waals surface area contributed by atoms with Gasteiger partial charge in [0.2, 0.25) is 0 Å². The third-order valence-corrected chi connectivity index (χ3v) is 6.03. The van der Waals surface area contributed by atoms with Crippen molar-refractivity contribution >= 4 is 0 Å². The van der Waals surface area contributed by atoms with Crippen LogP contribution in [0, 0.1) is 0 Å². The molecule has 3 aromatic carbocycles. The van der Waals surface area contributed by atoms with Gasteiger partial charge in [-0.1, -0.05) is 91.0 Å². The number of benzene rings is 3. The Bertz CT molecular complexity index is 900. The van der Waals surface area contributed by atoms with Crippen LogP contribution in [0.15, 0.2) is 91.0 Å². The molecule has 5 nitrogen and oxygen atoms in total. The highest BCUT2D eigenvalue weighted by Crippen LogP contribution is 2.49. The van der Waals surface area contributed by atoms with Crippen molar-refractivity contribution in [2.24, 2.45) is 0 Å². The Morgan fingerprint density at radius 1 is 0.871 bits per heavy atom. The Hall–Kier alpha value is -2.61. The summed E-state index contributed by atoms with van der Waals surface area (Å²) in [6.07, 6.45) is -3.33. The van der Waals surface area contributed by atoms with Crippen LogP contribution in [-0.2, 0) is 14.9 Å². The summed E-state index contributed by atoms with van der Waals surface area (Å²) in [5, 5.41) is 32.3. The van der Waals surface area contributed by atoms with Gasteiger partial charge in [-0.15, -0.1) is 0 Å². The monoisotopic (exact) mass is 424 g/mol. The third-order valence-electron chi connectivity index (χ3n) is 6.03. The fraction of sp³-hybridized carbons (Fsp3) is 0.280. The quantitative estimate of drug-likeness (QED) is 0.419. The number of hydrogen-bond acceptors (Lipinski definition) is 5. The number of ether oxygens (including phenoxy) is 2. The van der Waals surface area contributed by atoms with E-state index < -0.39 is 35.9 Å². The molecular weight excluding hydrogens is 399 g/mol. The molecule has 3 aromatic rings. The summed E-state index contributed by atoms with van der Waals surface area (Å²) in [6.45, 7) is 0. The van der Waals surface area contributed by atoms with Crippen LogP contribution < -0.4 is 0 Å². The predicted octanol–water partition coefficient (Wildman–Crippen LogP) is 3.12. The number of alkyl halides is 1. The van der Waals surface area contributed by atoms with Crippen molar-refractivity contribution in [3.8, 4) is 0 Å². The van der Waals surface area contributed by atoms with E-state index in [1.54, 1.807) is 0 Å². The number of aliphatic hydroxyl groups is 3. The maximum absolute atomic E-state index is 14.8. The third kappa shape index (κ3) is 3.46. The molecule has 1 fully saturated rings. The number of aliphatic hydroxyl groups excluding tert-OH is 1. The Balaban J connectivity index is 1.95. The highest BCUT2D eigenvalue weighted by Gasteiger charge is 2.64. The molecule has 1 aliphatic heterocycles. The van der Waals surface area contributed by atoms with Gasteiger partial charge in [0.25, 0.3) is 5.85 Å². The van der Waals surface area contributed by atoms with Gasteiger partial charge in [0.05, 0.1) is 17.6 Å². The first kappa shape index (κ1) is 21.6. The van der Waals surface area contributed by atoms with Crippen molar-refractivity contribution < 1.29 is 29.2 Å². The van der Waals surface area contributed by atoms with Crippen molar-refractivity contribution in [2.45, 2.75) is 35.9 Å². The molecule has 0 amide bonds. The van der Waals surface area contributed by atoms with Gasteiger partial charge < -0.3 is 24.8 Å². The van der Waals surface area contributed by atoms with Gasteiger partial charge in [0.15, 0.2) is 0 Å². The summed E-state index contributed by atoms with van der Waals surface area (Å²) in [7, 11) is 1.03. The molecule has 1 unspecified atom stereocenters. The van der Waals surface area contributed by atoms with E-state index in [4.69, 9.17) is 9.47 Å². The summed E-state index contributed by atoms with van der Waals surface area (Å²) in [5.74, 6) is -6.07. The average molecular weight is 424 g/mol. The molecule has 0 saturated carbocycles. The van der Waals surface area contributed by atoms with Crippen LogP contribution in [0.1, 0.15) is 23.1 Å². The first-order valence-electron chi connectivity index (χ1n) is 10.1. The Kier molecular flexibility index (Phi) is 5.68. The summed E-state index contributed by atoms with van der Waals surface area (Å²) in [4.78, 5) is 0. The lowest BCUT2D eigenvalue weighted by Gasteiger charge is -2.42. The zero-order valence-electron chi connectivity index (χ0n) is 17.1. The SMILES string of the molecule is CO[C@]1(O)O[C@H](C(O)C(c2ccccc2)(c2ccccc2)c2ccccc2)C[C@@]1(O)F. The smallest absolute Gasteiger partial charge is 0.343 e. The standard InChI is InChI=1S/C25H25FO5/c1-30-25(29)23(26,28)17-21(31-25)22(27)24(18-11-5-2-6-12-18,19-13-7-3-8-14-19)20-15-9-4-10-16-20/h2-16,21-22,27-29H,17H2,1H3/t21-,22?,23-,25-/m0/s1. The fourth-order valence-electron chi connectivity index (χ4n) is 4.51. The molecule has 0 bridgehead atoms.